The Morgan fingerprint density at radius 1 is 0.875 bits per heavy atom. The van der Waals surface area contributed by atoms with Gasteiger partial charge in [-0.05, 0) is 30.5 Å². The molecule has 0 aliphatic carbocycles. The van der Waals surface area contributed by atoms with Crippen LogP contribution in [-0.4, -0.2) is 0 Å². The highest BCUT2D eigenvalue weighted by atomic mass is 14.1. The zero-order valence-electron chi connectivity index (χ0n) is 9.83. The highest BCUT2D eigenvalue weighted by molar-refractivity contribution is 5.75. The Labute approximate surface area is 97.3 Å². The molecule has 2 aromatic carbocycles. The van der Waals surface area contributed by atoms with Gasteiger partial charge in [0.1, 0.15) is 0 Å². The predicted octanol–water partition coefficient (Wildman–Crippen LogP) is 4.61. The van der Waals surface area contributed by atoms with Gasteiger partial charge in [0.15, 0.2) is 0 Å². The molecule has 0 fully saturated rings. The van der Waals surface area contributed by atoms with Gasteiger partial charge in [0.25, 0.3) is 0 Å². The molecule has 80 valence electrons. The molecular formula is C16H16. The summed E-state index contributed by atoms with van der Waals surface area (Å²) >= 11 is 0. The lowest BCUT2D eigenvalue weighted by atomic mass is 9.97. The molecule has 0 N–H and O–H groups in total. The van der Waals surface area contributed by atoms with E-state index in [9.17, 15) is 0 Å². The summed E-state index contributed by atoms with van der Waals surface area (Å²) in [5.41, 5.74) is 6.26. The van der Waals surface area contributed by atoms with Crippen molar-refractivity contribution in [3.8, 4) is 11.1 Å². The van der Waals surface area contributed by atoms with Gasteiger partial charge in [-0.2, -0.15) is 0 Å². The predicted molar refractivity (Wildman–Crippen MR) is 71.4 cm³/mol. The largest absolute Gasteiger partial charge is 0.0984 e. The van der Waals surface area contributed by atoms with Gasteiger partial charge in [-0.1, -0.05) is 66.2 Å². The van der Waals surface area contributed by atoms with Crippen LogP contribution in [0.2, 0.25) is 0 Å². The summed E-state index contributed by atoms with van der Waals surface area (Å²) in [5, 5.41) is 0. The fourth-order valence-electron chi connectivity index (χ4n) is 1.85. The molecule has 0 aromatic heterocycles. The molecule has 0 aliphatic heterocycles. The number of benzene rings is 2. The zero-order chi connectivity index (χ0) is 11.5. The van der Waals surface area contributed by atoms with Gasteiger partial charge in [-0.15, -0.1) is 0 Å². The van der Waals surface area contributed by atoms with Crippen molar-refractivity contribution in [1.82, 2.24) is 0 Å². The molecule has 0 aliphatic rings. The second kappa shape index (κ2) is 4.36. The Balaban J connectivity index is 2.55. The molecule has 0 spiro atoms. The SMILES string of the molecule is C=Cc1cc(C)ccc1-c1ccc(C)cc1. The fourth-order valence-corrected chi connectivity index (χ4v) is 1.85. The van der Waals surface area contributed by atoms with E-state index in [1.165, 1.54) is 27.8 Å². The minimum Gasteiger partial charge on any atom is -0.0984 e. The van der Waals surface area contributed by atoms with Crippen LogP contribution < -0.4 is 0 Å². The van der Waals surface area contributed by atoms with E-state index >= 15 is 0 Å². The average molecular weight is 208 g/mol. The van der Waals surface area contributed by atoms with E-state index in [4.69, 9.17) is 0 Å². The van der Waals surface area contributed by atoms with Crippen LogP contribution in [0.25, 0.3) is 17.2 Å². The van der Waals surface area contributed by atoms with Crippen molar-refractivity contribution in [3.63, 3.8) is 0 Å². The molecule has 2 aromatic rings. The third-order valence-corrected chi connectivity index (χ3v) is 2.79. The summed E-state index contributed by atoms with van der Waals surface area (Å²) < 4.78 is 0. The summed E-state index contributed by atoms with van der Waals surface area (Å²) in [6, 6.07) is 15.1. The van der Waals surface area contributed by atoms with Crippen LogP contribution in [-0.2, 0) is 0 Å². The van der Waals surface area contributed by atoms with Crippen LogP contribution >= 0.6 is 0 Å². The Morgan fingerprint density at radius 3 is 2.12 bits per heavy atom. The maximum atomic E-state index is 3.88. The van der Waals surface area contributed by atoms with E-state index in [1.54, 1.807) is 0 Å². The number of aryl methyl sites for hydroxylation is 2. The minimum atomic E-state index is 1.20. The molecule has 0 bridgehead atoms. The van der Waals surface area contributed by atoms with E-state index < -0.39 is 0 Å². The van der Waals surface area contributed by atoms with Crippen molar-refractivity contribution in [2.75, 3.05) is 0 Å². The maximum absolute atomic E-state index is 3.88. The minimum absolute atomic E-state index is 1.20. The lowest BCUT2D eigenvalue weighted by Crippen LogP contribution is -1.85. The van der Waals surface area contributed by atoms with Gasteiger partial charge in [-0.3, -0.25) is 0 Å². The van der Waals surface area contributed by atoms with E-state index in [1.807, 2.05) is 6.08 Å². The molecule has 0 amide bonds. The molecule has 0 saturated carbocycles. The molecule has 16 heavy (non-hydrogen) atoms. The van der Waals surface area contributed by atoms with E-state index in [2.05, 4.69) is 62.9 Å². The lowest BCUT2D eigenvalue weighted by molar-refractivity contribution is 1.44. The van der Waals surface area contributed by atoms with Gasteiger partial charge in [0.2, 0.25) is 0 Å². The van der Waals surface area contributed by atoms with Crippen LogP contribution in [0.4, 0.5) is 0 Å². The molecule has 2 rings (SSSR count). The molecular weight excluding hydrogens is 192 g/mol. The summed E-state index contributed by atoms with van der Waals surface area (Å²) in [6.45, 7) is 8.08. The van der Waals surface area contributed by atoms with Crippen molar-refractivity contribution in [2.45, 2.75) is 13.8 Å². The van der Waals surface area contributed by atoms with Crippen molar-refractivity contribution >= 4 is 6.08 Å². The fraction of sp³-hybridized carbons (Fsp3) is 0.125. The van der Waals surface area contributed by atoms with Crippen molar-refractivity contribution in [1.29, 1.82) is 0 Å². The van der Waals surface area contributed by atoms with Crippen LogP contribution in [0, 0.1) is 13.8 Å². The average Bonchev–Trinajstić information content (AvgIpc) is 2.30. The Kier molecular flexibility index (Phi) is 2.91. The summed E-state index contributed by atoms with van der Waals surface area (Å²) in [6.07, 6.45) is 1.92. The molecule has 0 unspecified atom stereocenters. The molecule has 0 heterocycles. The second-order valence-electron chi connectivity index (χ2n) is 4.16. The monoisotopic (exact) mass is 208 g/mol. The van der Waals surface area contributed by atoms with Crippen molar-refractivity contribution in [3.05, 3.63) is 65.7 Å². The van der Waals surface area contributed by atoms with E-state index in [0.29, 0.717) is 0 Å². The Hall–Kier alpha value is -1.82. The third-order valence-electron chi connectivity index (χ3n) is 2.79. The maximum Gasteiger partial charge on any atom is -0.0111 e. The molecule has 0 saturated heterocycles. The highest BCUT2D eigenvalue weighted by Gasteiger charge is 2.02. The molecule has 0 radical (unpaired) electrons. The van der Waals surface area contributed by atoms with Crippen molar-refractivity contribution < 1.29 is 0 Å². The van der Waals surface area contributed by atoms with Gasteiger partial charge in [0, 0.05) is 0 Å². The Morgan fingerprint density at radius 2 is 1.50 bits per heavy atom. The van der Waals surface area contributed by atoms with Gasteiger partial charge in [-0.25, -0.2) is 0 Å². The lowest BCUT2D eigenvalue weighted by Gasteiger charge is -2.07. The van der Waals surface area contributed by atoms with Crippen molar-refractivity contribution in [2.24, 2.45) is 0 Å². The van der Waals surface area contributed by atoms with Crippen LogP contribution in [0.5, 0.6) is 0 Å². The highest BCUT2D eigenvalue weighted by Crippen LogP contribution is 2.25. The van der Waals surface area contributed by atoms with Gasteiger partial charge in [0.05, 0.1) is 0 Å². The normalized spacial score (nSPS) is 10.1. The number of rotatable bonds is 2. The topological polar surface area (TPSA) is 0 Å². The van der Waals surface area contributed by atoms with Gasteiger partial charge < -0.3 is 0 Å². The first-order valence-electron chi connectivity index (χ1n) is 5.51. The van der Waals surface area contributed by atoms with E-state index in [0.717, 1.165) is 0 Å². The first kappa shape index (κ1) is 10.7. The first-order valence-corrected chi connectivity index (χ1v) is 5.51. The quantitative estimate of drug-likeness (QED) is 0.676. The smallest absolute Gasteiger partial charge is 0.0111 e. The van der Waals surface area contributed by atoms with Crippen LogP contribution in [0.15, 0.2) is 49.0 Å². The summed E-state index contributed by atoms with van der Waals surface area (Å²) in [5.74, 6) is 0. The zero-order valence-corrected chi connectivity index (χ0v) is 9.83. The molecule has 0 nitrogen and oxygen atoms in total. The van der Waals surface area contributed by atoms with Gasteiger partial charge >= 0.3 is 0 Å². The molecule has 0 atom stereocenters. The number of hydrogen-bond acceptors (Lipinski definition) is 0. The summed E-state index contributed by atoms with van der Waals surface area (Å²) in [7, 11) is 0. The van der Waals surface area contributed by atoms with Crippen LogP contribution in [0.3, 0.4) is 0 Å². The van der Waals surface area contributed by atoms with E-state index in [-0.39, 0.29) is 0 Å². The first-order chi connectivity index (χ1) is 7.70. The second-order valence-corrected chi connectivity index (χ2v) is 4.16. The number of hydrogen-bond donors (Lipinski definition) is 0. The molecule has 0 heteroatoms. The van der Waals surface area contributed by atoms with Crippen LogP contribution in [0.1, 0.15) is 16.7 Å². The Bertz CT molecular complexity index is 504. The standard InChI is InChI=1S/C16H16/c1-4-14-11-13(3)7-10-16(14)15-8-5-12(2)6-9-15/h4-11H,1H2,2-3H3. The summed E-state index contributed by atoms with van der Waals surface area (Å²) in [4.78, 5) is 0. The third kappa shape index (κ3) is 2.06.